The Hall–Kier alpha value is -2.60. The zero-order chi connectivity index (χ0) is 19.8. The van der Waals surface area contributed by atoms with Crippen LogP contribution < -0.4 is 4.74 Å². The summed E-state index contributed by atoms with van der Waals surface area (Å²) in [5.74, 6) is 0.443. The van der Waals surface area contributed by atoms with Gasteiger partial charge in [-0.15, -0.1) is 0 Å². The lowest BCUT2D eigenvalue weighted by Gasteiger charge is -2.23. The smallest absolute Gasteiger partial charge is 0.314 e. The van der Waals surface area contributed by atoms with Crippen molar-refractivity contribution in [2.75, 3.05) is 0 Å². The molecule has 28 heavy (non-hydrogen) atoms. The molecule has 0 bridgehead atoms. The normalized spacial score (nSPS) is 19.0. The third-order valence-corrected chi connectivity index (χ3v) is 5.67. The Morgan fingerprint density at radius 2 is 1.57 bits per heavy atom. The van der Waals surface area contributed by atoms with Crippen molar-refractivity contribution in [2.45, 2.75) is 58.3 Å². The van der Waals surface area contributed by atoms with Crippen molar-refractivity contribution >= 4 is 5.97 Å². The fraction of sp³-hybridized carbons (Fsp3) is 0.440. The summed E-state index contributed by atoms with van der Waals surface area (Å²) < 4.78 is 5.57. The molecule has 1 saturated carbocycles. The van der Waals surface area contributed by atoms with Crippen LogP contribution in [0.4, 0.5) is 0 Å². The first-order chi connectivity index (χ1) is 13.7. The highest BCUT2D eigenvalue weighted by molar-refractivity contribution is 5.75. The van der Waals surface area contributed by atoms with Crippen molar-refractivity contribution in [3.63, 3.8) is 0 Å². The van der Waals surface area contributed by atoms with Crippen molar-refractivity contribution in [3.05, 3.63) is 54.1 Å². The Labute approximate surface area is 168 Å². The standard InChI is InChI=1S/C25H29NO2/c1-2-3-4-5-19-6-10-21(11-7-19)22-14-16-24(17-15-22)28-25(27)23-12-8-20(18-26)9-13-23/h6-7,10-11,14-17,20,23H,2-5,8-9,12-13H2,1H3. The molecule has 0 heterocycles. The van der Waals surface area contributed by atoms with Gasteiger partial charge in [0.1, 0.15) is 5.75 Å². The molecule has 3 rings (SSSR count). The molecule has 146 valence electrons. The van der Waals surface area contributed by atoms with Crippen LogP contribution in [0.2, 0.25) is 0 Å². The van der Waals surface area contributed by atoms with Crippen LogP contribution in [0, 0.1) is 23.2 Å². The van der Waals surface area contributed by atoms with Gasteiger partial charge in [0.05, 0.1) is 12.0 Å². The van der Waals surface area contributed by atoms with Gasteiger partial charge < -0.3 is 4.74 Å². The minimum absolute atomic E-state index is 0.0791. The van der Waals surface area contributed by atoms with Crippen molar-refractivity contribution < 1.29 is 9.53 Å². The van der Waals surface area contributed by atoms with Gasteiger partial charge in [-0.2, -0.15) is 5.26 Å². The number of nitrogens with zero attached hydrogens (tertiary/aromatic N) is 1. The van der Waals surface area contributed by atoms with Crippen molar-refractivity contribution in [1.82, 2.24) is 0 Å². The Balaban J connectivity index is 1.55. The Morgan fingerprint density at radius 3 is 2.14 bits per heavy atom. The monoisotopic (exact) mass is 375 g/mol. The quantitative estimate of drug-likeness (QED) is 0.323. The molecule has 0 aromatic heterocycles. The lowest BCUT2D eigenvalue weighted by atomic mass is 9.83. The van der Waals surface area contributed by atoms with E-state index in [0.717, 1.165) is 37.7 Å². The predicted octanol–water partition coefficient (Wildman–Crippen LogP) is 6.32. The molecular weight excluding hydrogens is 346 g/mol. The van der Waals surface area contributed by atoms with E-state index in [9.17, 15) is 4.79 Å². The topological polar surface area (TPSA) is 50.1 Å². The van der Waals surface area contributed by atoms with Crippen LogP contribution in [0.3, 0.4) is 0 Å². The first kappa shape index (κ1) is 20.1. The van der Waals surface area contributed by atoms with E-state index in [0.29, 0.717) is 5.75 Å². The van der Waals surface area contributed by atoms with E-state index in [1.807, 2.05) is 24.3 Å². The summed E-state index contributed by atoms with van der Waals surface area (Å²) in [7, 11) is 0. The summed E-state index contributed by atoms with van der Waals surface area (Å²) in [6.07, 6.45) is 8.00. The van der Waals surface area contributed by atoms with Crippen LogP contribution in [-0.2, 0) is 11.2 Å². The second-order valence-corrected chi connectivity index (χ2v) is 7.78. The summed E-state index contributed by atoms with van der Waals surface area (Å²) >= 11 is 0. The maximum Gasteiger partial charge on any atom is 0.314 e. The van der Waals surface area contributed by atoms with Crippen molar-refractivity contribution in [2.24, 2.45) is 11.8 Å². The van der Waals surface area contributed by atoms with E-state index < -0.39 is 0 Å². The van der Waals surface area contributed by atoms with E-state index >= 15 is 0 Å². The molecule has 0 radical (unpaired) electrons. The zero-order valence-electron chi connectivity index (χ0n) is 16.7. The Morgan fingerprint density at radius 1 is 0.964 bits per heavy atom. The van der Waals surface area contributed by atoms with Gasteiger partial charge in [-0.25, -0.2) is 0 Å². The van der Waals surface area contributed by atoms with Crippen LogP contribution in [0.1, 0.15) is 57.4 Å². The van der Waals surface area contributed by atoms with Gasteiger partial charge in [-0.3, -0.25) is 4.79 Å². The number of hydrogen-bond donors (Lipinski definition) is 0. The highest BCUT2D eigenvalue weighted by Crippen LogP contribution is 2.30. The van der Waals surface area contributed by atoms with E-state index in [4.69, 9.17) is 10.00 Å². The molecule has 2 aromatic carbocycles. The molecule has 0 unspecified atom stereocenters. The third-order valence-electron chi connectivity index (χ3n) is 5.67. The van der Waals surface area contributed by atoms with Crippen LogP contribution in [0.5, 0.6) is 5.75 Å². The van der Waals surface area contributed by atoms with Gasteiger partial charge in [-0.05, 0) is 67.3 Å². The van der Waals surface area contributed by atoms with Crippen LogP contribution >= 0.6 is 0 Å². The van der Waals surface area contributed by atoms with Crippen LogP contribution in [0.15, 0.2) is 48.5 Å². The molecule has 0 aliphatic heterocycles. The minimum Gasteiger partial charge on any atom is -0.426 e. The van der Waals surface area contributed by atoms with E-state index in [1.54, 1.807) is 0 Å². The van der Waals surface area contributed by atoms with Gasteiger partial charge in [0.25, 0.3) is 0 Å². The molecule has 1 fully saturated rings. The number of benzene rings is 2. The van der Waals surface area contributed by atoms with Crippen LogP contribution in [0.25, 0.3) is 11.1 Å². The molecule has 0 amide bonds. The summed E-state index contributed by atoms with van der Waals surface area (Å²) in [5.41, 5.74) is 3.68. The summed E-state index contributed by atoms with van der Waals surface area (Å²) in [6, 6.07) is 18.8. The molecule has 3 heteroatoms. The Kier molecular flexibility index (Phi) is 7.25. The number of hydrogen-bond acceptors (Lipinski definition) is 3. The van der Waals surface area contributed by atoms with E-state index in [2.05, 4.69) is 37.3 Å². The fourth-order valence-electron chi connectivity index (χ4n) is 3.82. The highest BCUT2D eigenvalue weighted by atomic mass is 16.5. The number of nitriles is 1. The maximum atomic E-state index is 12.4. The van der Waals surface area contributed by atoms with Gasteiger partial charge in [0.15, 0.2) is 0 Å². The van der Waals surface area contributed by atoms with Gasteiger partial charge in [-0.1, -0.05) is 56.2 Å². The van der Waals surface area contributed by atoms with Gasteiger partial charge in [0.2, 0.25) is 0 Å². The molecule has 3 nitrogen and oxygen atoms in total. The average Bonchev–Trinajstić information content (AvgIpc) is 2.75. The van der Waals surface area contributed by atoms with Gasteiger partial charge >= 0.3 is 5.97 Å². The highest BCUT2D eigenvalue weighted by Gasteiger charge is 2.27. The largest absolute Gasteiger partial charge is 0.426 e. The molecule has 0 atom stereocenters. The second kappa shape index (κ2) is 10.1. The van der Waals surface area contributed by atoms with Crippen molar-refractivity contribution in [3.8, 4) is 22.9 Å². The van der Waals surface area contributed by atoms with E-state index in [1.165, 1.54) is 30.4 Å². The molecule has 0 N–H and O–H groups in total. The molecular formula is C25H29NO2. The molecule has 1 aliphatic rings. The summed E-state index contributed by atoms with van der Waals surface area (Å²) in [5, 5.41) is 8.97. The van der Waals surface area contributed by atoms with Crippen LogP contribution in [-0.4, -0.2) is 5.97 Å². The lowest BCUT2D eigenvalue weighted by molar-refractivity contribution is -0.140. The number of carbonyl (C=O) groups is 1. The first-order valence-corrected chi connectivity index (χ1v) is 10.5. The Bertz CT molecular complexity index is 794. The number of rotatable bonds is 7. The maximum absolute atomic E-state index is 12.4. The molecule has 1 aliphatic carbocycles. The summed E-state index contributed by atoms with van der Waals surface area (Å²) in [4.78, 5) is 12.4. The predicted molar refractivity (Wildman–Crippen MR) is 112 cm³/mol. The minimum atomic E-state index is -0.166. The summed E-state index contributed by atoms with van der Waals surface area (Å²) in [6.45, 7) is 2.23. The SMILES string of the molecule is CCCCCc1ccc(-c2ccc(OC(=O)C3CCC(C#N)CC3)cc2)cc1. The molecule has 2 aromatic rings. The van der Waals surface area contributed by atoms with Gasteiger partial charge in [0, 0.05) is 5.92 Å². The number of unbranched alkanes of at least 4 members (excludes halogenated alkanes) is 2. The number of carbonyl (C=O) groups excluding carboxylic acids is 1. The number of aryl methyl sites for hydroxylation is 1. The average molecular weight is 376 g/mol. The van der Waals surface area contributed by atoms with Crippen molar-refractivity contribution in [1.29, 1.82) is 5.26 Å². The van der Waals surface area contributed by atoms with E-state index in [-0.39, 0.29) is 17.8 Å². The molecule has 0 saturated heterocycles. The fourth-order valence-corrected chi connectivity index (χ4v) is 3.82. The third kappa shape index (κ3) is 5.45. The zero-order valence-corrected chi connectivity index (χ0v) is 16.7. The number of esters is 1. The number of ether oxygens (including phenoxy) is 1. The molecule has 0 spiro atoms. The lowest BCUT2D eigenvalue weighted by Crippen LogP contribution is -2.25. The first-order valence-electron chi connectivity index (χ1n) is 10.5. The second-order valence-electron chi connectivity index (χ2n) is 7.78.